The zero-order valence-corrected chi connectivity index (χ0v) is 9.52. The average molecular weight is 186 g/mol. The molecule has 0 bridgehead atoms. The van der Waals surface area contributed by atoms with Crippen LogP contribution in [0.2, 0.25) is 0 Å². The second-order valence-corrected chi connectivity index (χ2v) is 3.89. The Bertz CT molecular complexity index is 363. The fraction of sp³-hybridized carbons (Fsp3) is 0.429. The lowest BCUT2D eigenvalue weighted by molar-refractivity contribution is 0.788. The third-order valence-corrected chi connectivity index (χ3v) is 2.54. The van der Waals surface area contributed by atoms with Crippen molar-refractivity contribution < 1.29 is 0 Å². The van der Waals surface area contributed by atoms with Crippen LogP contribution in [0.25, 0.3) is 0 Å². The quantitative estimate of drug-likeness (QED) is 0.616. The van der Waals surface area contributed by atoms with E-state index in [-0.39, 0.29) is 0 Å². The van der Waals surface area contributed by atoms with E-state index in [2.05, 4.69) is 50.8 Å². The van der Waals surface area contributed by atoms with E-state index in [1.165, 1.54) is 16.7 Å². The van der Waals surface area contributed by atoms with Crippen molar-refractivity contribution >= 4 is 0 Å². The zero-order valence-electron chi connectivity index (χ0n) is 9.52. The van der Waals surface area contributed by atoms with Crippen LogP contribution in [0.15, 0.2) is 18.2 Å². The Kier molecular flexibility index (Phi) is 3.77. The number of rotatable bonds is 2. The van der Waals surface area contributed by atoms with Crippen LogP contribution in [-0.4, -0.2) is 0 Å². The van der Waals surface area contributed by atoms with Gasteiger partial charge < -0.3 is 0 Å². The van der Waals surface area contributed by atoms with E-state index in [0.29, 0.717) is 5.92 Å². The van der Waals surface area contributed by atoms with E-state index in [1.54, 1.807) is 0 Å². The minimum Gasteiger partial charge on any atom is -0.107 e. The molecule has 0 heterocycles. The molecule has 0 saturated heterocycles. The highest BCUT2D eigenvalue weighted by Gasteiger charge is 2.06. The van der Waals surface area contributed by atoms with Gasteiger partial charge in [0.2, 0.25) is 0 Å². The van der Waals surface area contributed by atoms with Gasteiger partial charge in [0.05, 0.1) is 0 Å². The van der Waals surface area contributed by atoms with Crippen LogP contribution < -0.4 is 0 Å². The van der Waals surface area contributed by atoms with Crippen LogP contribution in [0.5, 0.6) is 0 Å². The molecular weight excluding hydrogens is 168 g/mol. The minimum absolute atomic E-state index is 0.544. The fourth-order valence-electron chi connectivity index (χ4n) is 1.74. The van der Waals surface area contributed by atoms with Crippen LogP contribution in [0, 0.1) is 25.7 Å². The summed E-state index contributed by atoms with van der Waals surface area (Å²) >= 11 is 0. The maximum Gasteiger partial charge on any atom is 0.0155 e. The van der Waals surface area contributed by atoms with E-state index in [1.807, 2.05) is 6.92 Å². The molecule has 14 heavy (non-hydrogen) atoms. The van der Waals surface area contributed by atoms with Crippen LogP contribution in [-0.2, 0) is 0 Å². The monoisotopic (exact) mass is 186 g/mol. The van der Waals surface area contributed by atoms with Gasteiger partial charge in [0.25, 0.3) is 0 Å². The second kappa shape index (κ2) is 4.86. The molecule has 0 aliphatic rings. The summed E-state index contributed by atoms with van der Waals surface area (Å²) < 4.78 is 0. The van der Waals surface area contributed by atoms with Gasteiger partial charge in [0.1, 0.15) is 0 Å². The van der Waals surface area contributed by atoms with E-state index in [0.717, 1.165) is 6.42 Å². The van der Waals surface area contributed by atoms with Crippen molar-refractivity contribution in [3.05, 3.63) is 34.9 Å². The lowest BCUT2D eigenvalue weighted by atomic mass is 9.93. The smallest absolute Gasteiger partial charge is 0.0155 e. The summed E-state index contributed by atoms with van der Waals surface area (Å²) in [4.78, 5) is 0. The Hall–Kier alpha value is -1.22. The molecule has 1 atom stereocenters. The molecule has 0 heteroatoms. The Labute approximate surface area is 87.4 Å². The molecule has 1 rings (SSSR count). The van der Waals surface area contributed by atoms with Gasteiger partial charge in [-0.15, -0.1) is 11.8 Å². The predicted molar refractivity (Wildman–Crippen MR) is 62.4 cm³/mol. The molecule has 0 nitrogen and oxygen atoms in total. The predicted octanol–water partition coefficient (Wildman–Crippen LogP) is 3.82. The van der Waals surface area contributed by atoms with Crippen molar-refractivity contribution in [2.45, 2.75) is 40.0 Å². The van der Waals surface area contributed by atoms with E-state index >= 15 is 0 Å². The van der Waals surface area contributed by atoms with Gasteiger partial charge >= 0.3 is 0 Å². The third kappa shape index (κ3) is 2.64. The first-order valence-corrected chi connectivity index (χ1v) is 5.12. The summed E-state index contributed by atoms with van der Waals surface area (Å²) in [5.74, 6) is 6.63. The summed E-state index contributed by atoms with van der Waals surface area (Å²) in [5, 5.41) is 0. The summed E-state index contributed by atoms with van der Waals surface area (Å²) in [5.41, 5.74) is 4.15. The molecular formula is C14H18. The van der Waals surface area contributed by atoms with Crippen LogP contribution >= 0.6 is 0 Å². The molecule has 1 aromatic rings. The maximum absolute atomic E-state index is 3.14. The maximum atomic E-state index is 3.14. The number of hydrogen-bond acceptors (Lipinski definition) is 0. The first kappa shape index (κ1) is 10.9. The molecule has 0 aliphatic heterocycles. The van der Waals surface area contributed by atoms with Gasteiger partial charge in [-0.2, -0.15) is 0 Å². The van der Waals surface area contributed by atoms with E-state index in [4.69, 9.17) is 0 Å². The number of hydrogen-bond donors (Lipinski definition) is 0. The Balaban J connectivity index is 2.88. The summed E-state index contributed by atoms with van der Waals surface area (Å²) in [6.45, 7) is 8.45. The molecule has 0 aromatic heterocycles. The van der Waals surface area contributed by atoms with Crippen molar-refractivity contribution in [1.29, 1.82) is 0 Å². The zero-order chi connectivity index (χ0) is 10.6. The lowest BCUT2D eigenvalue weighted by Gasteiger charge is -2.12. The molecule has 74 valence electrons. The van der Waals surface area contributed by atoms with Gasteiger partial charge in [-0.1, -0.05) is 30.7 Å². The summed E-state index contributed by atoms with van der Waals surface area (Å²) in [6, 6.07) is 6.65. The largest absolute Gasteiger partial charge is 0.107 e. The van der Waals surface area contributed by atoms with E-state index < -0.39 is 0 Å². The topological polar surface area (TPSA) is 0 Å². The normalized spacial score (nSPS) is 11.7. The molecule has 1 unspecified atom stereocenters. The van der Waals surface area contributed by atoms with Gasteiger partial charge in [-0.05, 0) is 37.8 Å². The standard InChI is InChI=1S/C14H18/c1-5-6-7-12(3)14-9-8-11(2)10-13(14)4/h8-10,12H,7H2,1-4H3. The van der Waals surface area contributed by atoms with Crippen molar-refractivity contribution in [2.24, 2.45) is 0 Å². The third-order valence-electron chi connectivity index (χ3n) is 2.54. The average Bonchev–Trinajstić information content (AvgIpc) is 2.14. The van der Waals surface area contributed by atoms with Crippen LogP contribution in [0.1, 0.15) is 42.9 Å². The van der Waals surface area contributed by atoms with Crippen LogP contribution in [0.3, 0.4) is 0 Å². The van der Waals surface area contributed by atoms with Crippen molar-refractivity contribution in [3.63, 3.8) is 0 Å². The lowest BCUT2D eigenvalue weighted by Crippen LogP contribution is -1.95. The van der Waals surface area contributed by atoms with E-state index in [9.17, 15) is 0 Å². The van der Waals surface area contributed by atoms with Gasteiger partial charge in [-0.3, -0.25) is 0 Å². The fourth-order valence-corrected chi connectivity index (χ4v) is 1.74. The van der Waals surface area contributed by atoms with Gasteiger partial charge in [0.15, 0.2) is 0 Å². The molecule has 0 fully saturated rings. The highest BCUT2D eigenvalue weighted by atomic mass is 14.1. The molecule has 0 saturated carbocycles. The highest BCUT2D eigenvalue weighted by molar-refractivity contribution is 5.33. The SMILES string of the molecule is CC#CCC(C)c1ccc(C)cc1C. The second-order valence-electron chi connectivity index (χ2n) is 3.89. The molecule has 1 aromatic carbocycles. The summed E-state index contributed by atoms with van der Waals surface area (Å²) in [7, 11) is 0. The Morgan fingerprint density at radius 2 is 2.00 bits per heavy atom. The molecule has 0 spiro atoms. The Morgan fingerprint density at radius 3 is 2.57 bits per heavy atom. The van der Waals surface area contributed by atoms with Crippen molar-refractivity contribution in [1.82, 2.24) is 0 Å². The number of aryl methyl sites for hydroxylation is 2. The first-order chi connectivity index (χ1) is 6.65. The molecule has 0 amide bonds. The van der Waals surface area contributed by atoms with Gasteiger partial charge in [-0.25, -0.2) is 0 Å². The molecule has 0 radical (unpaired) electrons. The van der Waals surface area contributed by atoms with Crippen molar-refractivity contribution in [2.75, 3.05) is 0 Å². The van der Waals surface area contributed by atoms with Gasteiger partial charge in [0, 0.05) is 6.42 Å². The minimum atomic E-state index is 0.544. The molecule has 0 aliphatic carbocycles. The Morgan fingerprint density at radius 1 is 1.29 bits per heavy atom. The first-order valence-electron chi connectivity index (χ1n) is 5.12. The summed E-state index contributed by atoms with van der Waals surface area (Å²) in [6.07, 6.45) is 0.959. The van der Waals surface area contributed by atoms with Crippen molar-refractivity contribution in [3.8, 4) is 11.8 Å². The number of benzene rings is 1. The highest BCUT2D eigenvalue weighted by Crippen LogP contribution is 2.22. The van der Waals surface area contributed by atoms with Crippen LogP contribution in [0.4, 0.5) is 0 Å². The molecule has 0 N–H and O–H groups in total.